The maximum atomic E-state index is 13.6. The summed E-state index contributed by atoms with van der Waals surface area (Å²) in [7, 11) is 0. The third-order valence-electron chi connectivity index (χ3n) is 3.40. The summed E-state index contributed by atoms with van der Waals surface area (Å²) >= 11 is 0. The van der Waals surface area contributed by atoms with Crippen LogP contribution in [0.5, 0.6) is 0 Å². The molecule has 0 bridgehead atoms. The van der Waals surface area contributed by atoms with E-state index in [0.29, 0.717) is 5.92 Å². The third kappa shape index (κ3) is 2.65. The zero-order chi connectivity index (χ0) is 12.6. The molecule has 0 heterocycles. The minimum Gasteiger partial charge on any atom is -0.347 e. The Morgan fingerprint density at radius 3 is 2.59 bits per heavy atom. The first kappa shape index (κ1) is 12.1. The van der Waals surface area contributed by atoms with Gasteiger partial charge in [0.05, 0.1) is 5.56 Å². The molecule has 0 aromatic heterocycles. The van der Waals surface area contributed by atoms with Crippen molar-refractivity contribution in [2.75, 3.05) is 0 Å². The molecule has 0 saturated heterocycles. The fourth-order valence-corrected chi connectivity index (χ4v) is 2.07. The smallest absolute Gasteiger partial charge is 0.254 e. The average Bonchev–Trinajstić information content (AvgIpc) is 2.98. The van der Waals surface area contributed by atoms with Gasteiger partial charge in [-0.3, -0.25) is 4.79 Å². The van der Waals surface area contributed by atoms with Crippen molar-refractivity contribution in [2.24, 2.45) is 5.92 Å². The topological polar surface area (TPSA) is 29.1 Å². The molecule has 17 heavy (non-hydrogen) atoms. The quantitative estimate of drug-likeness (QED) is 0.857. The van der Waals surface area contributed by atoms with Crippen molar-refractivity contribution in [3.05, 3.63) is 35.1 Å². The molecule has 1 N–H and O–H groups in total. The minimum atomic E-state index is -0.450. The van der Waals surface area contributed by atoms with Crippen LogP contribution >= 0.6 is 0 Å². The molecule has 3 heteroatoms. The molecule has 1 amide bonds. The fourth-order valence-electron chi connectivity index (χ4n) is 2.07. The second-order valence-corrected chi connectivity index (χ2v) is 5.43. The summed E-state index contributed by atoms with van der Waals surface area (Å²) in [5.41, 5.74) is 0.707. The predicted octanol–water partition coefficient (Wildman–Crippen LogP) is 3.05. The van der Waals surface area contributed by atoms with Gasteiger partial charge in [0.2, 0.25) is 0 Å². The first-order valence-corrected chi connectivity index (χ1v) is 5.99. The van der Waals surface area contributed by atoms with Crippen molar-refractivity contribution < 1.29 is 9.18 Å². The molecule has 1 aliphatic rings. The first-order chi connectivity index (χ1) is 7.90. The summed E-state index contributed by atoms with van der Waals surface area (Å²) in [6, 6.07) is 4.68. The van der Waals surface area contributed by atoms with Gasteiger partial charge < -0.3 is 5.32 Å². The van der Waals surface area contributed by atoms with Gasteiger partial charge in [0, 0.05) is 5.54 Å². The lowest BCUT2D eigenvalue weighted by Gasteiger charge is -2.26. The number of hydrogen-bond acceptors (Lipinski definition) is 1. The molecule has 92 valence electrons. The lowest BCUT2D eigenvalue weighted by atomic mass is 9.98. The van der Waals surface area contributed by atoms with Crippen LogP contribution in [0, 0.1) is 18.7 Å². The maximum absolute atomic E-state index is 13.6. The molecule has 1 aliphatic carbocycles. The van der Waals surface area contributed by atoms with Crippen LogP contribution in [0.2, 0.25) is 0 Å². The van der Waals surface area contributed by atoms with Crippen molar-refractivity contribution in [3.8, 4) is 0 Å². The minimum absolute atomic E-state index is 0.129. The average molecular weight is 235 g/mol. The fraction of sp³-hybridized carbons (Fsp3) is 0.500. The number of nitrogens with one attached hydrogen (secondary N) is 1. The molecule has 0 aliphatic heterocycles. The Labute approximate surface area is 101 Å². The molecule has 0 atom stereocenters. The molecule has 2 nitrogen and oxygen atoms in total. The SMILES string of the molecule is Cc1ccc(C(=O)NC(C)(C)C2CC2)c(F)c1. The van der Waals surface area contributed by atoms with E-state index in [2.05, 4.69) is 5.32 Å². The van der Waals surface area contributed by atoms with E-state index in [1.807, 2.05) is 13.8 Å². The van der Waals surface area contributed by atoms with E-state index >= 15 is 0 Å². The molecule has 1 saturated carbocycles. The number of aryl methyl sites for hydroxylation is 1. The van der Waals surface area contributed by atoms with Gasteiger partial charge in [-0.25, -0.2) is 4.39 Å². The summed E-state index contributed by atoms with van der Waals surface area (Å²) in [5.74, 6) is -0.242. The van der Waals surface area contributed by atoms with Gasteiger partial charge in [0.25, 0.3) is 5.91 Å². The largest absolute Gasteiger partial charge is 0.347 e. The van der Waals surface area contributed by atoms with Crippen LogP contribution in [-0.2, 0) is 0 Å². The lowest BCUT2D eigenvalue weighted by Crippen LogP contribution is -2.45. The highest BCUT2D eigenvalue weighted by Crippen LogP contribution is 2.39. The third-order valence-corrected chi connectivity index (χ3v) is 3.40. The molecule has 0 spiro atoms. The van der Waals surface area contributed by atoms with E-state index in [1.165, 1.54) is 6.07 Å². The monoisotopic (exact) mass is 235 g/mol. The standard InChI is InChI=1S/C14H18FNO/c1-9-4-7-11(12(15)8-9)13(17)16-14(2,3)10-5-6-10/h4,7-8,10H,5-6H2,1-3H3,(H,16,17). The van der Waals surface area contributed by atoms with E-state index in [9.17, 15) is 9.18 Å². The number of rotatable bonds is 3. The van der Waals surface area contributed by atoms with Crippen molar-refractivity contribution in [2.45, 2.75) is 39.2 Å². The number of carbonyl (C=O) groups excluding carboxylic acids is 1. The number of hydrogen-bond donors (Lipinski definition) is 1. The van der Waals surface area contributed by atoms with Gasteiger partial charge in [-0.05, 0) is 57.2 Å². The van der Waals surface area contributed by atoms with E-state index < -0.39 is 5.82 Å². The summed E-state index contributed by atoms with van der Waals surface area (Å²) in [4.78, 5) is 12.0. The Morgan fingerprint density at radius 2 is 2.06 bits per heavy atom. The van der Waals surface area contributed by atoms with Crippen LogP contribution in [0.1, 0.15) is 42.6 Å². The predicted molar refractivity (Wildman–Crippen MR) is 65.4 cm³/mol. The summed E-state index contributed by atoms with van der Waals surface area (Å²) < 4.78 is 13.6. The highest BCUT2D eigenvalue weighted by Gasteiger charge is 2.39. The Morgan fingerprint density at radius 1 is 1.41 bits per heavy atom. The zero-order valence-corrected chi connectivity index (χ0v) is 10.5. The van der Waals surface area contributed by atoms with E-state index in [4.69, 9.17) is 0 Å². The van der Waals surface area contributed by atoms with Gasteiger partial charge in [-0.2, -0.15) is 0 Å². The normalized spacial score (nSPS) is 15.8. The van der Waals surface area contributed by atoms with Crippen LogP contribution in [0.25, 0.3) is 0 Å². The second-order valence-electron chi connectivity index (χ2n) is 5.43. The summed E-state index contributed by atoms with van der Waals surface area (Å²) in [6.45, 7) is 5.79. The number of halogens is 1. The van der Waals surface area contributed by atoms with Crippen LogP contribution in [-0.4, -0.2) is 11.4 Å². The lowest BCUT2D eigenvalue weighted by molar-refractivity contribution is 0.0899. The van der Waals surface area contributed by atoms with Crippen LogP contribution in [0.15, 0.2) is 18.2 Å². The highest BCUT2D eigenvalue weighted by molar-refractivity contribution is 5.95. The Kier molecular flexibility index (Phi) is 2.94. The van der Waals surface area contributed by atoms with Crippen molar-refractivity contribution in [1.29, 1.82) is 0 Å². The van der Waals surface area contributed by atoms with Gasteiger partial charge in [-0.1, -0.05) is 6.07 Å². The molecule has 1 aromatic carbocycles. The van der Waals surface area contributed by atoms with Gasteiger partial charge in [0.15, 0.2) is 0 Å². The maximum Gasteiger partial charge on any atom is 0.254 e. The van der Waals surface area contributed by atoms with Crippen molar-refractivity contribution >= 4 is 5.91 Å². The van der Waals surface area contributed by atoms with Crippen molar-refractivity contribution in [1.82, 2.24) is 5.32 Å². The Bertz CT molecular complexity index is 450. The Hall–Kier alpha value is -1.38. The second kappa shape index (κ2) is 4.13. The van der Waals surface area contributed by atoms with Gasteiger partial charge in [-0.15, -0.1) is 0 Å². The molecule has 2 rings (SSSR count). The molecule has 1 aromatic rings. The van der Waals surface area contributed by atoms with Crippen LogP contribution < -0.4 is 5.32 Å². The zero-order valence-electron chi connectivity index (χ0n) is 10.5. The number of carbonyl (C=O) groups is 1. The Balaban J connectivity index is 2.14. The van der Waals surface area contributed by atoms with E-state index in [1.54, 1.807) is 19.1 Å². The van der Waals surface area contributed by atoms with Gasteiger partial charge in [0.1, 0.15) is 5.82 Å². The van der Waals surface area contributed by atoms with E-state index in [0.717, 1.165) is 18.4 Å². The first-order valence-electron chi connectivity index (χ1n) is 5.99. The van der Waals surface area contributed by atoms with Crippen LogP contribution in [0.3, 0.4) is 0 Å². The van der Waals surface area contributed by atoms with Crippen molar-refractivity contribution in [3.63, 3.8) is 0 Å². The molecular formula is C14H18FNO. The van der Waals surface area contributed by atoms with Gasteiger partial charge >= 0.3 is 0 Å². The summed E-state index contributed by atoms with van der Waals surface area (Å²) in [5, 5.41) is 2.92. The molecule has 0 unspecified atom stereocenters. The van der Waals surface area contributed by atoms with E-state index in [-0.39, 0.29) is 17.0 Å². The van der Waals surface area contributed by atoms with Crippen LogP contribution in [0.4, 0.5) is 4.39 Å². The number of amides is 1. The molecular weight excluding hydrogens is 217 g/mol. The number of benzene rings is 1. The highest BCUT2D eigenvalue weighted by atomic mass is 19.1. The molecule has 1 fully saturated rings. The molecule has 0 radical (unpaired) electrons. The summed E-state index contributed by atoms with van der Waals surface area (Å²) in [6.07, 6.45) is 2.29.